The van der Waals surface area contributed by atoms with Gasteiger partial charge in [-0.3, -0.25) is 19.4 Å². The van der Waals surface area contributed by atoms with Crippen molar-refractivity contribution in [1.29, 1.82) is 0 Å². The average Bonchev–Trinajstić information content (AvgIpc) is 3.21. The van der Waals surface area contributed by atoms with Gasteiger partial charge in [0, 0.05) is 13.1 Å². The summed E-state index contributed by atoms with van der Waals surface area (Å²) in [6.07, 6.45) is 1.44. The minimum absolute atomic E-state index is 0.110. The summed E-state index contributed by atoms with van der Waals surface area (Å²) >= 11 is 0. The Labute approximate surface area is 186 Å². The van der Waals surface area contributed by atoms with Crippen molar-refractivity contribution in [3.63, 3.8) is 0 Å². The number of carbonyl (C=O) groups is 4. The van der Waals surface area contributed by atoms with E-state index >= 15 is 0 Å². The summed E-state index contributed by atoms with van der Waals surface area (Å²) in [5.74, 6) is -3.45. The highest BCUT2D eigenvalue weighted by molar-refractivity contribution is 5.94. The minimum Gasteiger partial charge on any atom is -0.480 e. The van der Waals surface area contributed by atoms with E-state index in [1.165, 1.54) is 4.90 Å². The number of carbonyl (C=O) groups excluding carboxylic acids is 3. The molecule has 0 spiro atoms. The van der Waals surface area contributed by atoms with Crippen LogP contribution >= 0.6 is 0 Å². The number of aliphatic hydroxyl groups is 1. The molecule has 0 aliphatic carbocycles. The number of likely N-dealkylation sites (tertiary alicyclic amines) is 1. The van der Waals surface area contributed by atoms with Gasteiger partial charge in [-0.15, -0.1) is 0 Å². The number of carboxylic acids is 1. The molecule has 3 amide bonds. The van der Waals surface area contributed by atoms with E-state index in [4.69, 9.17) is 22.3 Å². The molecule has 182 valence electrons. The maximum absolute atomic E-state index is 12.9. The third-order valence-electron chi connectivity index (χ3n) is 5.16. The first kappa shape index (κ1) is 27.1. The summed E-state index contributed by atoms with van der Waals surface area (Å²) in [4.78, 5) is 54.6. The Morgan fingerprint density at radius 2 is 1.84 bits per heavy atom. The average molecular weight is 458 g/mol. The molecule has 1 aliphatic rings. The van der Waals surface area contributed by atoms with Crippen LogP contribution in [-0.4, -0.2) is 88.6 Å². The summed E-state index contributed by atoms with van der Waals surface area (Å²) in [6.45, 7) is 3.27. The predicted molar refractivity (Wildman–Crippen MR) is 116 cm³/mol. The van der Waals surface area contributed by atoms with Crippen molar-refractivity contribution in [3.05, 3.63) is 0 Å². The zero-order valence-corrected chi connectivity index (χ0v) is 18.5. The molecule has 4 unspecified atom stereocenters. The lowest BCUT2D eigenvalue weighted by Gasteiger charge is -2.28. The second kappa shape index (κ2) is 12.8. The normalized spacial score (nSPS) is 18.5. The molecule has 1 rings (SSSR count). The molecule has 1 heterocycles. The SMILES string of the molecule is CC(C)C(NC(=O)C(CCCN=C(N)N)NC(=O)C1CCCN1C(=O)C(N)CO)C(=O)O. The van der Waals surface area contributed by atoms with Crippen LogP contribution in [0.4, 0.5) is 0 Å². The summed E-state index contributed by atoms with van der Waals surface area (Å²) < 4.78 is 0. The molecule has 4 atom stereocenters. The van der Waals surface area contributed by atoms with E-state index in [2.05, 4.69) is 15.6 Å². The molecule has 10 N–H and O–H groups in total. The number of aliphatic hydroxyl groups excluding tert-OH is 1. The highest BCUT2D eigenvalue weighted by Crippen LogP contribution is 2.19. The maximum atomic E-state index is 12.9. The van der Waals surface area contributed by atoms with Crippen LogP contribution in [0, 0.1) is 5.92 Å². The van der Waals surface area contributed by atoms with E-state index in [1.807, 2.05) is 0 Å². The zero-order chi connectivity index (χ0) is 24.4. The van der Waals surface area contributed by atoms with E-state index in [1.54, 1.807) is 13.8 Å². The Balaban J connectivity index is 2.94. The standard InChI is InChI=1S/C19H35N7O6/c1-10(2)14(18(31)32)25-15(28)12(5-3-7-23-19(21)22)24-16(29)13-6-4-8-26(13)17(30)11(20)9-27/h10-14,27H,3-9,20H2,1-2H3,(H,24,29)(H,25,28)(H,31,32)(H4,21,22,23). The maximum Gasteiger partial charge on any atom is 0.326 e. The third-order valence-corrected chi connectivity index (χ3v) is 5.16. The molecule has 13 heteroatoms. The molecule has 1 fully saturated rings. The smallest absolute Gasteiger partial charge is 0.326 e. The molecule has 0 bridgehead atoms. The Bertz CT molecular complexity index is 710. The van der Waals surface area contributed by atoms with Crippen molar-refractivity contribution in [3.8, 4) is 0 Å². The molecular formula is C19H35N7O6. The van der Waals surface area contributed by atoms with E-state index in [0.717, 1.165) is 0 Å². The fraction of sp³-hybridized carbons (Fsp3) is 0.737. The number of amides is 3. The lowest BCUT2D eigenvalue weighted by atomic mass is 10.0. The molecule has 0 aromatic rings. The molecule has 1 saturated heterocycles. The van der Waals surface area contributed by atoms with E-state index in [-0.39, 0.29) is 24.8 Å². The van der Waals surface area contributed by atoms with Crippen molar-refractivity contribution >= 4 is 29.7 Å². The van der Waals surface area contributed by atoms with E-state index in [0.29, 0.717) is 25.8 Å². The number of nitrogens with zero attached hydrogens (tertiary/aromatic N) is 2. The number of rotatable bonds is 12. The van der Waals surface area contributed by atoms with Crippen LogP contribution < -0.4 is 27.8 Å². The van der Waals surface area contributed by atoms with Crippen molar-refractivity contribution in [2.24, 2.45) is 28.1 Å². The van der Waals surface area contributed by atoms with Gasteiger partial charge < -0.3 is 42.9 Å². The van der Waals surface area contributed by atoms with Crippen LogP contribution in [0.25, 0.3) is 0 Å². The Morgan fingerprint density at radius 3 is 2.38 bits per heavy atom. The largest absolute Gasteiger partial charge is 0.480 e. The highest BCUT2D eigenvalue weighted by Gasteiger charge is 2.37. The van der Waals surface area contributed by atoms with Crippen LogP contribution in [0.5, 0.6) is 0 Å². The molecule has 0 radical (unpaired) electrons. The van der Waals surface area contributed by atoms with Crippen molar-refractivity contribution in [2.45, 2.75) is 63.7 Å². The number of nitrogens with one attached hydrogen (secondary N) is 2. The Hall–Kier alpha value is -2.93. The Morgan fingerprint density at radius 1 is 1.19 bits per heavy atom. The topological polar surface area (TPSA) is 226 Å². The summed E-state index contributed by atoms with van der Waals surface area (Å²) in [7, 11) is 0. The summed E-state index contributed by atoms with van der Waals surface area (Å²) in [6, 6.07) is -4.16. The number of carboxylic acid groups (broad SMARTS) is 1. The number of hydrogen-bond acceptors (Lipinski definition) is 7. The van der Waals surface area contributed by atoms with Gasteiger partial charge in [0.2, 0.25) is 17.7 Å². The fourth-order valence-electron chi connectivity index (χ4n) is 3.40. The van der Waals surface area contributed by atoms with Gasteiger partial charge in [-0.1, -0.05) is 13.8 Å². The molecule has 0 saturated carbocycles. The number of guanidine groups is 1. The van der Waals surface area contributed by atoms with E-state index in [9.17, 15) is 24.3 Å². The number of hydrogen-bond donors (Lipinski definition) is 7. The number of nitrogens with two attached hydrogens (primary N) is 3. The summed E-state index contributed by atoms with van der Waals surface area (Å²) in [5.41, 5.74) is 16.2. The molecule has 0 aromatic carbocycles. The lowest BCUT2D eigenvalue weighted by molar-refractivity contribution is -0.144. The first-order valence-corrected chi connectivity index (χ1v) is 10.5. The monoisotopic (exact) mass is 457 g/mol. The van der Waals surface area contributed by atoms with Gasteiger partial charge >= 0.3 is 5.97 Å². The van der Waals surface area contributed by atoms with Gasteiger partial charge in [0.05, 0.1) is 6.61 Å². The third kappa shape index (κ3) is 7.96. The van der Waals surface area contributed by atoms with Gasteiger partial charge in [-0.2, -0.15) is 0 Å². The highest BCUT2D eigenvalue weighted by atomic mass is 16.4. The van der Waals surface area contributed by atoms with Gasteiger partial charge in [0.1, 0.15) is 24.2 Å². The lowest BCUT2D eigenvalue weighted by Crippen LogP contribution is -2.57. The van der Waals surface area contributed by atoms with Gasteiger partial charge in [-0.25, -0.2) is 4.79 Å². The summed E-state index contributed by atoms with van der Waals surface area (Å²) in [5, 5.41) is 23.6. The molecule has 0 aromatic heterocycles. The van der Waals surface area contributed by atoms with Crippen LogP contribution in [-0.2, 0) is 19.2 Å². The van der Waals surface area contributed by atoms with E-state index < -0.39 is 54.5 Å². The van der Waals surface area contributed by atoms with Crippen LogP contribution in [0.3, 0.4) is 0 Å². The van der Waals surface area contributed by atoms with Crippen molar-refractivity contribution < 1.29 is 29.4 Å². The number of aliphatic carboxylic acids is 1. The second-order valence-electron chi connectivity index (χ2n) is 8.06. The molecule has 13 nitrogen and oxygen atoms in total. The van der Waals surface area contributed by atoms with Crippen LogP contribution in [0.1, 0.15) is 39.5 Å². The van der Waals surface area contributed by atoms with Crippen LogP contribution in [0.15, 0.2) is 4.99 Å². The van der Waals surface area contributed by atoms with Gasteiger partial charge in [-0.05, 0) is 31.6 Å². The minimum atomic E-state index is -1.19. The fourth-order valence-corrected chi connectivity index (χ4v) is 3.40. The Kier molecular flexibility index (Phi) is 10.9. The van der Waals surface area contributed by atoms with Gasteiger partial charge in [0.15, 0.2) is 5.96 Å². The van der Waals surface area contributed by atoms with Crippen molar-refractivity contribution in [1.82, 2.24) is 15.5 Å². The molecule has 1 aliphatic heterocycles. The zero-order valence-electron chi connectivity index (χ0n) is 18.5. The quantitative estimate of drug-likeness (QED) is 0.0902. The van der Waals surface area contributed by atoms with Crippen LogP contribution in [0.2, 0.25) is 0 Å². The first-order valence-electron chi connectivity index (χ1n) is 10.5. The van der Waals surface area contributed by atoms with Gasteiger partial charge in [0.25, 0.3) is 0 Å². The van der Waals surface area contributed by atoms with Crippen molar-refractivity contribution in [2.75, 3.05) is 19.7 Å². The number of aliphatic imine (C=N–C) groups is 1. The predicted octanol–water partition coefficient (Wildman–Crippen LogP) is -2.94. The first-order chi connectivity index (χ1) is 15.0. The second-order valence-corrected chi connectivity index (χ2v) is 8.06. The molecule has 32 heavy (non-hydrogen) atoms. The molecular weight excluding hydrogens is 422 g/mol.